The molecule has 0 radical (unpaired) electrons. The molecule has 5 heteroatoms. The Labute approximate surface area is 151 Å². The maximum absolute atomic E-state index is 13.1. The molecule has 2 aromatic carbocycles. The summed E-state index contributed by atoms with van der Waals surface area (Å²) in [6.45, 7) is 0.450. The molecule has 2 heterocycles. The van der Waals surface area contributed by atoms with Gasteiger partial charge in [-0.3, -0.25) is 9.78 Å². The fourth-order valence-electron chi connectivity index (χ4n) is 3.23. The zero-order chi connectivity index (χ0) is 18.0. The van der Waals surface area contributed by atoms with E-state index in [-0.39, 0.29) is 5.91 Å². The van der Waals surface area contributed by atoms with Gasteiger partial charge < -0.3 is 14.8 Å². The minimum absolute atomic E-state index is 0.260. The van der Waals surface area contributed by atoms with E-state index in [1.807, 2.05) is 60.7 Å². The molecule has 0 saturated heterocycles. The molecule has 0 fully saturated rings. The zero-order valence-electron chi connectivity index (χ0n) is 14.3. The van der Waals surface area contributed by atoms with Crippen molar-refractivity contribution in [3.63, 3.8) is 0 Å². The summed E-state index contributed by atoms with van der Waals surface area (Å²) in [6.07, 6.45) is 1.66. The van der Waals surface area contributed by atoms with Crippen LogP contribution >= 0.6 is 0 Å². The van der Waals surface area contributed by atoms with E-state index in [1.54, 1.807) is 19.4 Å². The van der Waals surface area contributed by atoms with E-state index in [2.05, 4.69) is 10.3 Å². The second kappa shape index (κ2) is 6.61. The zero-order valence-corrected chi connectivity index (χ0v) is 14.3. The average molecular weight is 346 g/mol. The molecule has 1 aliphatic rings. The maximum atomic E-state index is 13.1. The van der Waals surface area contributed by atoms with Crippen molar-refractivity contribution < 1.29 is 14.3 Å². The molecule has 0 bridgehead atoms. The van der Waals surface area contributed by atoms with Gasteiger partial charge in [0.15, 0.2) is 0 Å². The van der Waals surface area contributed by atoms with Crippen molar-refractivity contribution in [2.45, 2.75) is 12.2 Å². The van der Waals surface area contributed by atoms with Crippen LogP contribution in [0.15, 0.2) is 72.9 Å². The van der Waals surface area contributed by atoms with Gasteiger partial charge in [-0.05, 0) is 42.0 Å². The van der Waals surface area contributed by atoms with Crippen LogP contribution in [0.4, 0.5) is 5.69 Å². The summed E-state index contributed by atoms with van der Waals surface area (Å²) in [4.78, 5) is 17.6. The lowest BCUT2D eigenvalue weighted by molar-refractivity contribution is -0.127. The molecule has 0 spiro atoms. The number of benzene rings is 2. The third-order valence-electron chi connectivity index (χ3n) is 4.38. The van der Waals surface area contributed by atoms with Crippen molar-refractivity contribution in [2.24, 2.45) is 0 Å². The summed E-state index contributed by atoms with van der Waals surface area (Å²) in [5, 5.41) is 2.93. The standard InChI is InChI=1S/C21H18N2O3/c1-25-14-15-10-11-18-17(13-15)21(20(24)23-18,19-9-5-6-12-22-19)26-16-7-3-2-4-8-16/h2-13H,14H2,1H3,(H,23,24). The predicted molar refractivity (Wildman–Crippen MR) is 97.9 cm³/mol. The molecule has 0 aliphatic carbocycles. The van der Waals surface area contributed by atoms with Gasteiger partial charge in [-0.25, -0.2) is 0 Å². The average Bonchev–Trinajstić information content (AvgIpc) is 2.96. The molecule has 4 rings (SSSR count). The molecule has 0 saturated carbocycles. The third kappa shape index (κ3) is 2.62. The number of rotatable bonds is 5. The van der Waals surface area contributed by atoms with Gasteiger partial charge in [0.05, 0.1) is 12.3 Å². The highest BCUT2D eigenvalue weighted by Gasteiger charge is 2.52. The largest absolute Gasteiger partial charge is 0.466 e. The molecule has 1 aliphatic heterocycles. The van der Waals surface area contributed by atoms with Crippen molar-refractivity contribution in [3.8, 4) is 5.75 Å². The molecule has 130 valence electrons. The number of carbonyl (C=O) groups is 1. The number of amides is 1. The minimum atomic E-state index is -1.35. The van der Waals surface area contributed by atoms with Crippen LogP contribution in [0.5, 0.6) is 5.75 Å². The van der Waals surface area contributed by atoms with Gasteiger partial charge in [-0.15, -0.1) is 0 Å². The van der Waals surface area contributed by atoms with E-state index in [1.165, 1.54) is 0 Å². The molecule has 3 aromatic rings. The van der Waals surface area contributed by atoms with E-state index in [0.717, 1.165) is 16.8 Å². The molecular formula is C21H18N2O3. The Morgan fingerprint density at radius 2 is 1.85 bits per heavy atom. The molecule has 1 unspecified atom stereocenters. The fourth-order valence-corrected chi connectivity index (χ4v) is 3.23. The molecule has 1 aromatic heterocycles. The Morgan fingerprint density at radius 3 is 2.58 bits per heavy atom. The number of hydrogen-bond donors (Lipinski definition) is 1. The highest BCUT2D eigenvalue weighted by Crippen LogP contribution is 2.44. The number of ether oxygens (including phenoxy) is 2. The molecule has 26 heavy (non-hydrogen) atoms. The van der Waals surface area contributed by atoms with E-state index in [0.29, 0.717) is 18.1 Å². The number of pyridine rings is 1. The Morgan fingerprint density at radius 1 is 1.04 bits per heavy atom. The van der Waals surface area contributed by atoms with Gasteiger partial charge in [0, 0.05) is 24.6 Å². The second-order valence-corrected chi connectivity index (χ2v) is 6.08. The summed E-state index contributed by atoms with van der Waals surface area (Å²) < 4.78 is 11.6. The topological polar surface area (TPSA) is 60.5 Å². The van der Waals surface area contributed by atoms with Gasteiger partial charge in [0.1, 0.15) is 5.75 Å². The van der Waals surface area contributed by atoms with Gasteiger partial charge in [-0.1, -0.05) is 30.3 Å². The quantitative estimate of drug-likeness (QED) is 0.768. The molecular weight excluding hydrogens is 328 g/mol. The SMILES string of the molecule is COCc1ccc2c(c1)C(Oc1ccccc1)(c1ccccn1)C(=O)N2. The fraction of sp³-hybridized carbons (Fsp3) is 0.143. The van der Waals surface area contributed by atoms with Gasteiger partial charge in [0.2, 0.25) is 0 Å². The summed E-state index contributed by atoms with van der Waals surface area (Å²) in [7, 11) is 1.64. The maximum Gasteiger partial charge on any atom is 0.279 e. The number of fused-ring (bicyclic) bond motifs is 1. The van der Waals surface area contributed by atoms with Gasteiger partial charge >= 0.3 is 0 Å². The first kappa shape index (κ1) is 16.3. The summed E-state index contributed by atoms with van der Waals surface area (Å²) in [6, 6.07) is 20.5. The van der Waals surface area contributed by atoms with Crippen molar-refractivity contribution in [2.75, 3.05) is 12.4 Å². The van der Waals surface area contributed by atoms with Crippen LogP contribution < -0.4 is 10.1 Å². The van der Waals surface area contributed by atoms with E-state index in [9.17, 15) is 4.79 Å². The highest BCUT2D eigenvalue weighted by molar-refractivity contribution is 6.07. The third-order valence-corrected chi connectivity index (χ3v) is 4.38. The number of aromatic nitrogens is 1. The Kier molecular flexibility index (Phi) is 4.14. The van der Waals surface area contributed by atoms with Crippen LogP contribution in [0.2, 0.25) is 0 Å². The second-order valence-electron chi connectivity index (χ2n) is 6.08. The van der Waals surface area contributed by atoms with Gasteiger partial charge in [0.25, 0.3) is 11.5 Å². The normalized spacial score (nSPS) is 18.3. The summed E-state index contributed by atoms with van der Waals surface area (Å²) in [5.74, 6) is 0.336. The van der Waals surface area contributed by atoms with E-state index < -0.39 is 5.60 Å². The first-order valence-corrected chi connectivity index (χ1v) is 8.33. The summed E-state index contributed by atoms with van der Waals surface area (Å²) in [5.41, 5.74) is 1.60. The first-order valence-electron chi connectivity index (χ1n) is 8.33. The van der Waals surface area contributed by atoms with Crippen LogP contribution in [-0.4, -0.2) is 18.0 Å². The number of nitrogens with one attached hydrogen (secondary N) is 1. The van der Waals surface area contributed by atoms with Crippen molar-refractivity contribution in [1.82, 2.24) is 4.98 Å². The summed E-state index contributed by atoms with van der Waals surface area (Å²) >= 11 is 0. The predicted octanol–water partition coefficient (Wildman–Crippen LogP) is 3.50. The van der Waals surface area contributed by atoms with Crippen LogP contribution in [0.25, 0.3) is 0 Å². The van der Waals surface area contributed by atoms with E-state index >= 15 is 0 Å². The lowest BCUT2D eigenvalue weighted by Gasteiger charge is -2.28. The van der Waals surface area contributed by atoms with Crippen molar-refractivity contribution in [1.29, 1.82) is 0 Å². The van der Waals surface area contributed by atoms with Crippen LogP contribution in [0.1, 0.15) is 16.8 Å². The van der Waals surface area contributed by atoms with Crippen LogP contribution in [0, 0.1) is 0 Å². The smallest absolute Gasteiger partial charge is 0.279 e. The van der Waals surface area contributed by atoms with E-state index in [4.69, 9.17) is 9.47 Å². The Hall–Kier alpha value is -3.18. The van der Waals surface area contributed by atoms with Crippen molar-refractivity contribution in [3.05, 3.63) is 89.7 Å². The van der Waals surface area contributed by atoms with Crippen molar-refractivity contribution >= 4 is 11.6 Å². The minimum Gasteiger partial charge on any atom is -0.466 e. The number of hydrogen-bond acceptors (Lipinski definition) is 4. The first-order chi connectivity index (χ1) is 12.7. The molecule has 1 atom stereocenters. The lowest BCUT2D eigenvalue weighted by atomic mass is 9.89. The number of anilines is 1. The number of nitrogens with zero attached hydrogens (tertiary/aromatic N) is 1. The van der Waals surface area contributed by atoms with Crippen LogP contribution in [-0.2, 0) is 21.7 Å². The Bertz CT molecular complexity index is 929. The monoisotopic (exact) mass is 346 g/mol. The highest BCUT2D eigenvalue weighted by atomic mass is 16.5. The molecule has 1 amide bonds. The number of para-hydroxylation sites is 1. The number of methoxy groups -OCH3 is 1. The molecule has 1 N–H and O–H groups in total. The number of carbonyl (C=O) groups excluding carboxylic acids is 1. The van der Waals surface area contributed by atoms with Gasteiger partial charge in [-0.2, -0.15) is 0 Å². The van der Waals surface area contributed by atoms with Crippen LogP contribution in [0.3, 0.4) is 0 Å². The Balaban J connectivity index is 1.92. The molecule has 5 nitrogen and oxygen atoms in total. The lowest BCUT2D eigenvalue weighted by Crippen LogP contribution is -2.42.